The third kappa shape index (κ3) is 2.47. The fourth-order valence-electron chi connectivity index (χ4n) is 3.42. The van der Waals surface area contributed by atoms with E-state index in [0.29, 0.717) is 0 Å². The van der Waals surface area contributed by atoms with Crippen LogP contribution in [0.4, 0.5) is 0 Å². The van der Waals surface area contributed by atoms with Crippen molar-refractivity contribution < 1.29 is 31.8 Å². The summed E-state index contributed by atoms with van der Waals surface area (Å²) in [5, 5.41) is 9.12. The van der Waals surface area contributed by atoms with Crippen molar-refractivity contribution in [2.45, 2.75) is 47.7 Å². The van der Waals surface area contributed by atoms with Crippen LogP contribution in [0, 0.1) is 6.92 Å². The quantitative estimate of drug-likeness (QED) is 0.436. The first kappa shape index (κ1) is 19.2. The Hall–Kier alpha value is -1.62. The number of rotatable bonds is 5. The molecule has 10 heteroatoms. The zero-order valence-electron chi connectivity index (χ0n) is 14.5. The van der Waals surface area contributed by atoms with Crippen LogP contribution < -0.4 is 0 Å². The lowest BCUT2D eigenvalue weighted by Gasteiger charge is -2.41. The van der Waals surface area contributed by atoms with Crippen molar-refractivity contribution in [3.63, 3.8) is 0 Å². The number of carbonyl (C=O) groups is 2. The van der Waals surface area contributed by atoms with Gasteiger partial charge in [0.1, 0.15) is 6.61 Å². The molecule has 2 heterocycles. The third-order valence-electron chi connectivity index (χ3n) is 5.15. The summed E-state index contributed by atoms with van der Waals surface area (Å²) in [5.74, 6) is -1.92. The first-order chi connectivity index (χ1) is 11.9. The van der Waals surface area contributed by atoms with Crippen LogP contribution in [0.1, 0.15) is 25.8 Å². The molecule has 0 aliphatic carbocycles. The van der Waals surface area contributed by atoms with Crippen molar-refractivity contribution in [3.8, 4) is 0 Å². The summed E-state index contributed by atoms with van der Waals surface area (Å²) < 4.78 is 41.2. The second kappa shape index (κ2) is 5.95. The molecule has 1 N–H and O–H groups in total. The Kier molecular flexibility index (Phi) is 4.38. The van der Waals surface area contributed by atoms with Gasteiger partial charge in [0, 0.05) is 0 Å². The van der Waals surface area contributed by atoms with Gasteiger partial charge in [-0.3, -0.25) is 13.9 Å². The summed E-state index contributed by atoms with van der Waals surface area (Å²) in [7, 11) is -4.24. The molecular formula is C16H19NO7S2. The number of amides is 1. The van der Waals surface area contributed by atoms with Crippen LogP contribution in [-0.4, -0.2) is 57.1 Å². The van der Waals surface area contributed by atoms with E-state index in [0.717, 1.165) is 10.5 Å². The fraction of sp³-hybridized carbons (Fsp3) is 0.500. The van der Waals surface area contributed by atoms with Gasteiger partial charge in [-0.15, -0.1) is 0 Å². The highest BCUT2D eigenvalue weighted by atomic mass is 32.2. The molecule has 26 heavy (non-hydrogen) atoms. The van der Waals surface area contributed by atoms with Crippen molar-refractivity contribution in [2.24, 2.45) is 0 Å². The molecule has 0 bridgehead atoms. The van der Waals surface area contributed by atoms with E-state index < -0.39 is 55.4 Å². The maximum atomic E-state index is 12.6. The number of carbonyl (C=O) groups excluding carboxylic acids is 1. The summed E-state index contributed by atoms with van der Waals surface area (Å²) in [6.07, 6.45) is -0.0181. The van der Waals surface area contributed by atoms with Crippen molar-refractivity contribution in [1.29, 1.82) is 0 Å². The van der Waals surface area contributed by atoms with Crippen LogP contribution in [0.5, 0.6) is 0 Å². The Morgan fingerprint density at radius 3 is 2.46 bits per heavy atom. The van der Waals surface area contributed by atoms with E-state index >= 15 is 0 Å². The van der Waals surface area contributed by atoms with Crippen LogP contribution in [0.3, 0.4) is 0 Å². The zero-order chi connectivity index (χ0) is 19.5. The van der Waals surface area contributed by atoms with Crippen molar-refractivity contribution in [3.05, 3.63) is 29.8 Å². The molecule has 1 unspecified atom stereocenters. The van der Waals surface area contributed by atoms with Gasteiger partial charge >= 0.3 is 5.97 Å². The number of β-lactam (4-membered cyclic amide) rings is 1. The maximum Gasteiger partial charge on any atom is 0.337 e. The SMILES string of the molecule is Cc1ccc(S(=O)(=O)OC[C@@]2(C(=O)O)N3C(=O)C[C@H]3[S+]([O-])C2(C)C)cc1. The highest BCUT2D eigenvalue weighted by molar-refractivity contribution is 7.94. The van der Waals surface area contributed by atoms with Crippen LogP contribution in [0.15, 0.2) is 29.2 Å². The van der Waals surface area contributed by atoms with E-state index in [1.165, 1.54) is 26.0 Å². The van der Waals surface area contributed by atoms with Crippen LogP contribution >= 0.6 is 0 Å². The molecule has 8 nitrogen and oxygen atoms in total. The summed E-state index contributed by atoms with van der Waals surface area (Å²) in [5.41, 5.74) is -1.16. The van der Waals surface area contributed by atoms with E-state index in [2.05, 4.69) is 0 Å². The van der Waals surface area contributed by atoms with Gasteiger partial charge < -0.3 is 9.66 Å². The van der Waals surface area contributed by atoms with Crippen LogP contribution in [-0.2, 0) is 35.1 Å². The molecule has 1 amide bonds. The molecule has 0 saturated carbocycles. The normalized spacial score (nSPS) is 30.0. The monoisotopic (exact) mass is 401 g/mol. The van der Waals surface area contributed by atoms with Crippen LogP contribution in [0.25, 0.3) is 0 Å². The maximum absolute atomic E-state index is 12.6. The minimum atomic E-state index is -4.24. The second-order valence-corrected chi connectivity index (χ2v) is 10.7. The lowest BCUT2D eigenvalue weighted by atomic mass is 9.82. The van der Waals surface area contributed by atoms with E-state index in [4.69, 9.17) is 4.18 Å². The van der Waals surface area contributed by atoms with Gasteiger partial charge in [-0.25, -0.2) is 4.79 Å². The molecule has 1 aromatic carbocycles. The third-order valence-corrected chi connectivity index (χ3v) is 8.64. The molecule has 0 radical (unpaired) electrons. The minimum absolute atomic E-state index is 0.0181. The number of hydrogen-bond donors (Lipinski definition) is 1. The molecule has 2 aliphatic rings. The Balaban J connectivity index is 1.96. The van der Waals surface area contributed by atoms with E-state index in [1.807, 2.05) is 0 Å². The second-order valence-electron chi connectivity index (χ2n) is 6.93. The zero-order valence-corrected chi connectivity index (χ0v) is 16.1. The lowest BCUT2D eigenvalue weighted by molar-refractivity contribution is -0.170. The van der Waals surface area contributed by atoms with Gasteiger partial charge in [0.25, 0.3) is 10.1 Å². The number of hydrogen-bond acceptors (Lipinski definition) is 6. The number of nitrogens with zero attached hydrogens (tertiary/aromatic N) is 1. The first-order valence-corrected chi connectivity index (χ1v) is 10.5. The number of fused-ring (bicyclic) bond motifs is 1. The number of aliphatic carboxylic acids is 1. The molecule has 0 aromatic heterocycles. The molecule has 142 valence electrons. The van der Waals surface area contributed by atoms with Gasteiger partial charge in [-0.2, -0.15) is 8.42 Å². The first-order valence-electron chi connectivity index (χ1n) is 7.87. The summed E-state index contributed by atoms with van der Waals surface area (Å²) in [6, 6.07) is 5.89. The molecule has 2 fully saturated rings. The van der Waals surface area contributed by atoms with Crippen molar-refractivity contribution in [2.75, 3.05) is 6.61 Å². The van der Waals surface area contributed by atoms with Gasteiger partial charge in [0.05, 0.1) is 11.3 Å². The topological polar surface area (TPSA) is 124 Å². The lowest BCUT2D eigenvalue weighted by Crippen LogP contribution is -2.69. The Morgan fingerprint density at radius 1 is 1.38 bits per heavy atom. The number of benzene rings is 1. The van der Waals surface area contributed by atoms with Gasteiger partial charge in [-0.05, 0) is 44.1 Å². The summed E-state index contributed by atoms with van der Waals surface area (Å²) in [6.45, 7) is 3.89. The van der Waals surface area contributed by atoms with Crippen LogP contribution in [0.2, 0.25) is 0 Å². The van der Waals surface area contributed by atoms with E-state index in [1.54, 1.807) is 19.1 Å². The molecule has 3 rings (SSSR count). The fourth-order valence-corrected chi connectivity index (χ4v) is 6.39. The van der Waals surface area contributed by atoms with Crippen molar-refractivity contribution in [1.82, 2.24) is 4.90 Å². The van der Waals surface area contributed by atoms with E-state index in [9.17, 15) is 27.7 Å². The summed E-state index contributed by atoms with van der Waals surface area (Å²) in [4.78, 5) is 25.0. The van der Waals surface area contributed by atoms with E-state index in [-0.39, 0.29) is 11.3 Å². The molecule has 2 saturated heterocycles. The van der Waals surface area contributed by atoms with Gasteiger partial charge in [0.2, 0.25) is 16.8 Å². The average Bonchev–Trinajstić information content (AvgIpc) is 2.68. The smallest absolute Gasteiger partial charge is 0.337 e. The van der Waals surface area contributed by atoms with Gasteiger partial charge in [-0.1, -0.05) is 17.7 Å². The Bertz CT molecular complexity index is 865. The highest BCUT2D eigenvalue weighted by Crippen LogP contribution is 2.52. The number of aryl methyl sites for hydroxylation is 1. The molecule has 0 spiro atoms. The van der Waals surface area contributed by atoms with Crippen molar-refractivity contribution >= 4 is 33.2 Å². The number of carboxylic acid groups (broad SMARTS) is 1. The standard InChI is InChI=1S/C16H19NO7S2/c1-10-4-6-11(7-5-10)26(22,23)24-9-16(14(19)20)15(2,3)25(21)13-8-12(18)17(13)16/h4-7,13H,8-9H2,1-3H3,(H,19,20)/t13-,16+,25?/m1/s1. The highest BCUT2D eigenvalue weighted by Gasteiger charge is 2.77. The Morgan fingerprint density at radius 2 is 1.96 bits per heavy atom. The summed E-state index contributed by atoms with van der Waals surface area (Å²) >= 11 is -1.66. The predicted molar refractivity (Wildman–Crippen MR) is 92.2 cm³/mol. The average molecular weight is 401 g/mol. The number of carboxylic acids is 1. The molecule has 3 atom stereocenters. The largest absolute Gasteiger partial charge is 0.614 e. The molecular weight excluding hydrogens is 382 g/mol. The predicted octanol–water partition coefficient (Wildman–Crippen LogP) is 0.623. The molecule has 2 aliphatic heterocycles. The molecule has 1 aromatic rings. The minimum Gasteiger partial charge on any atom is -0.614 e. The van der Waals surface area contributed by atoms with Gasteiger partial charge in [0.15, 0.2) is 4.75 Å². The Labute approximate surface area is 154 Å².